The summed E-state index contributed by atoms with van der Waals surface area (Å²) in [6.45, 7) is 2.81. The number of imidazole rings is 1. The summed E-state index contributed by atoms with van der Waals surface area (Å²) in [7, 11) is 1.91. The van der Waals surface area contributed by atoms with Crippen molar-refractivity contribution in [1.82, 2.24) is 20.3 Å². The van der Waals surface area contributed by atoms with Crippen LogP contribution in [0.5, 0.6) is 0 Å². The number of nitrogens with zero attached hydrogens (tertiary/aromatic N) is 2. The van der Waals surface area contributed by atoms with E-state index in [0.717, 1.165) is 29.3 Å². The van der Waals surface area contributed by atoms with Crippen molar-refractivity contribution in [2.24, 2.45) is 0 Å². The second-order valence-corrected chi connectivity index (χ2v) is 3.43. The van der Waals surface area contributed by atoms with Crippen LogP contribution in [-0.2, 0) is 6.54 Å². The number of hydrogen-bond donors (Lipinski definition) is 2. The summed E-state index contributed by atoms with van der Waals surface area (Å²) in [6, 6.07) is 3.90. The van der Waals surface area contributed by atoms with Gasteiger partial charge in [-0.2, -0.15) is 0 Å². The first-order valence-electron chi connectivity index (χ1n) is 4.91. The van der Waals surface area contributed by atoms with Crippen LogP contribution in [0.4, 0.5) is 0 Å². The zero-order valence-corrected chi connectivity index (χ0v) is 8.91. The molecular formula is C11H14N4. The van der Waals surface area contributed by atoms with Crippen molar-refractivity contribution >= 4 is 0 Å². The molecule has 0 saturated heterocycles. The number of aromatic amines is 1. The third kappa shape index (κ3) is 2.05. The Labute approximate surface area is 88.8 Å². The van der Waals surface area contributed by atoms with Crippen molar-refractivity contribution in [2.75, 3.05) is 7.05 Å². The number of H-pyrrole nitrogens is 1. The van der Waals surface area contributed by atoms with Crippen molar-refractivity contribution in [1.29, 1.82) is 0 Å². The zero-order valence-electron chi connectivity index (χ0n) is 8.91. The summed E-state index contributed by atoms with van der Waals surface area (Å²) in [5.41, 5.74) is 3.17. The van der Waals surface area contributed by atoms with E-state index in [1.54, 1.807) is 12.4 Å². The Morgan fingerprint density at radius 2 is 2.33 bits per heavy atom. The van der Waals surface area contributed by atoms with Gasteiger partial charge in [-0.1, -0.05) is 0 Å². The standard InChI is InChI=1S/C11H14N4/c1-8-10(7-12-2)15-11(14-8)9-4-3-5-13-6-9/h3-6,12H,7H2,1-2H3,(H,14,15). The van der Waals surface area contributed by atoms with Gasteiger partial charge in [0, 0.05) is 30.2 Å². The lowest BCUT2D eigenvalue weighted by Gasteiger charge is -1.94. The molecule has 0 saturated carbocycles. The highest BCUT2D eigenvalue weighted by Crippen LogP contribution is 2.16. The van der Waals surface area contributed by atoms with Crippen molar-refractivity contribution in [2.45, 2.75) is 13.5 Å². The maximum atomic E-state index is 4.51. The van der Waals surface area contributed by atoms with Gasteiger partial charge in [0.05, 0.1) is 5.69 Å². The zero-order chi connectivity index (χ0) is 10.7. The molecule has 4 heteroatoms. The van der Waals surface area contributed by atoms with Gasteiger partial charge in [-0.15, -0.1) is 0 Å². The molecule has 0 fully saturated rings. The van der Waals surface area contributed by atoms with Crippen LogP contribution in [0, 0.1) is 6.92 Å². The van der Waals surface area contributed by atoms with Gasteiger partial charge >= 0.3 is 0 Å². The van der Waals surface area contributed by atoms with Gasteiger partial charge < -0.3 is 10.3 Å². The van der Waals surface area contributed by atoms with Crippen molar-refractivity contribution in [3.63, 3.8) is 0 Å². The number of nitrogens with one attached hydrogen (secondary N) is 2. The van der Waals surface area contributed by atoms with E-state index in [9.17, 15) is 0 Å². The minimum Gasteiger partial charge on any atom is -0.342 e. The van der Waals surface area contributed by atoms with E-state index in [4.69, 9.17) is 0 Å². The highest BCUT2D eigenvalue weighted by molar-refractivity contribution is 5.54. The van der Waals surface area contributed by atoms with E-state index in [0.29, 0.717) is 0 Å². The molecule has 0 amide bonds. The molecule has 0 aliphatic heterocycles. The lowest BCUT2D eigenvalue weighted by Crippen LogP contribution is -2.06. The average Bonchev–Trinajstić information content (AvgIpc) is 2.63. The van der Waals surface area contributed by atoms with E-state index in [1.165, 1.54) is 0 Å². The van der Waals surface area contributed by atoms with Crippen LogP contribution >= 0.6 is 0 Å². The summed E-state index contributed by atoms with van der Waals surface area (Å²) < 4.78 is 0. The van der Waals surface area contributed by atoms with Crippen molar-refractivity contribution in [3.8, 4) is 11.4 Å². The van der Waals surface area contributed by atoms with Crippen molar-refractivity contribution < 1.29 is 0 Å². The fraction of sp³-hybridized carbons (Fsp3) is 0.273. The van der Waals surface area contributed by atoms with Crippen LogP contribution in [0.1, 0.15) is 11.4 Å². The summed E-state index contributed by atoms with van der Waals surface area (Å²) in [4.78, 5) is 11.8. The van der Waals surface area contributed by atoms with Gasteiger partial charge in [0.15, 0.2) is 0 Å². The van der Waals surface area contributed by atoms with E-state index < -0.39 is 0 Å². The molecule has 0 aliphatic carbocycles. The van der Waals surface area contributed by atoms with Gasteiger partial charge in [0.2, 0.25) is 0 Å². The third-order valence-corrected chi connectivity index (χ3v) is 2.26. The number of aryl methyl sites for hydroxylation is 1. The van der Waals surface area contributed by atoms with Crippen LogP contribution in [0.3, 0.4) is 0 Å². The molecule has 0 bridgehead atoms. The molecule has 2 heterocycles. The Bertz CT molecular complexity index is 433. The smallest absolute Gasteiger partial charge is 0.139 e. The molecule has 78 valence electrons. The van der Waals surface area contributed by atoms with Crippen LogP contribution < -0.4 is 5.32 Å². The van der Waals surface area contributed by atoms with E-state index in [-0.39, 0.29) is 0 Å². The Kier molecular flexibility index (Phi) is 2.78. The first kappa shape index (κ1) is 9.86. The largest absolute Gasteiger partial charge is 0.342 e. The molecule has 2 rings (SSSR count). The van der Waals surface area contributed by atoms with E-state index in [2.05, 4.69) is 20.3 Å². The Hall–Kier alpha value is -1.68. The van der Waals surface area contributed by atoms with Crippen molar-refractivity contribution in [3.05, 3.63) is 35.9 Å². The van der Waals surface area contributed by atoms with Gasteiger partial charge in [0.1, 0.15) is 5.82 Å². The van der Waals surface area contributed by atoms with Crippen LogP contribution in [0.2, 0.25) is 0 Å². The molecule has 2 aromatic heterocycles. The average molecular weight is 202 g/mol. The van der Waals surface area contributed by atoms with Gasteiger partial charge in [-0.05, 0) is 26.1 Å². The Morgan fingerprint density at radius 3 is 3.00 bits per heavy atom. The lowest BCUT2D eigenvalue weighted by molar-refractivity contribution is 0.791. The molecule has 4 nitrogen and oxygen atoms in total. The minimum atomic E-state index is 0.780. The SMILES string of the molecule is CNCc1nc(-c2cccnc2)[nH]c1C. The molecule has 2 N–H and O–H groups in total. The molecule has 0 aromatic carbocycles. The summed E-state index contributed by atoms with van der Waals surface area (Å²) in [5, 5.41) is 3.09. The maximum absolute atomic E-state index is 4.51. The van der Waals surface area contributed by atoms with Crippen LogP contribution in [-0.4, -0.2) is 22.0 Å². The van der Waals surface area contributed by atoms with Crippen LogP contribution in [0.15, 0.2) is 24.5 Å². The molecule has 0 radical (unpaired) electrons. The summed E-state index contributed by atoms with van der Waals surface area (Å²) >= 11 is 0. The third-order valence-electron chi connectivity index (χ3n) is 2.26. The van der Waals surface area contributed by atoms with E-state index >= 15 is 0 Å². The highest BCUT2D eigenvalue weighted by atomic mass is 15.0. The topological polar surface area (TPSA) is 53.6 Å². The predicted octanol–water partition coefficient (Wildman–Crippen LogP) is 1.50. The molecule has 0 atom stereocenters. The van der Waals surface area contributed by atoms with E-state index in [1.807, 2.05) is 26.1 Å². The minimum absolute atomic E-state index is 0.780. The number of aromatic nitrogens is 3. The fourth-order valence-electron chi connectivity index (χ4n) is 1.48. The summed E-state index contributed by atoms with van der Waals surface area (Å²) in [6.07, 6.45) is 3.56. The fourth-order valence-corrected chi connectivity index (χ4v) is 1.48. The quantitative estimate of drug-likeness (QED) is 0.793. The molecule has 15 heavy (non-hydrogen) atoms. The Balaban J connectivity index is 2.34. The molecule has 2 aromatic rings. The predicted molar refractivity (Wildman–Crippen MR) is 59.3 cm³/mol. The maximum Gasteiger partial charge on any atom is 0.139 e. The van der Waals surface area contributed by atoms with Crippen LogP contribution in [0.25, 0.3) is 11.4 Å². The highest BCUT2D eigenvalue weighted by Gasteiger charge is 2.06. The number of pyridine rings is 1. The molecular weight excluding hydrogens is 188 g/mol. The van der Waals surface area contributed by atoms with Gasteiger partial charge in [-0.3, -0.25) is 4.98 Å². The molecule has 0 aliphatic rings. The second kappa shape index (κ2) is 4.23. The normalized spacial score (nSPS) is 10.5. The first-order valence-corrected chi connectivity index (χ1v) is 4.91. The molecule has 0 unspecified atom stereocenters. The monoisotopic (exact) mass is 202 g/mol. The molecule has 0 spiro atoms. The summed E-state index contributed by atoms with van der Waals surface area (Å²) in [5.74, 6) is 0.880. The first-order chi connectivity index (χ1) is 7.31. The lowest BCUT2D eigenvalue weighted by atomic mass is 10.3. The van der Waals surface area contributed by atoms with Gasteiger partial charge in [0.25, 0.3) is 0 Å². The number of rotatable bonds is 3. The second-order valence-electron chi connectivity index (χ2n) is 3.43. The number of hydrogen-bond acceptors (Lipinski definition) is 3. The Morgan fingerprint density at radius 1 is 1.47 bits per heavy atom. The van der Waals surface area contributed by atoms with Gasteiger partial charge in [-0.25, -0.2) is 4.98 Å².